The normalized spacial score (nSPS) is 17.4. The van der Waals surface area contributed by atoms with Crippen LogP contribution in [-0.2, 0) is 18.6 Å². The van der Waals surface area contributed by atoms with Crippen LogP contribution in [-0.4, -0.2) is 24.1 Å². The maximum absolute atomic E-state index is 11.2. The molecule has 0 aromatic heterocycles. The number of carbonyl (C=O) groups excluding carboxylic acids is 1. The first-order valence-electron chi connectivity index (χ1n) is 4.66. The summed E-state index contributed by atoms with van der Waals surface area (Å²) in [5.74, 6) is -0.0602. The van der Waals surface area contributed by atoms with E-state index in [-0.39, 0.29) is 25.1 Å². The van der Waals surface area contributed by atoms with E-state index < -0.39 is 8.25 Å². The third-order valence-corrected chi connectivity index (χ3v) is 2.58. The van der Waals surface area contributed by atoms with Gasteiger partial charge in [0.15, 0.2) is 0 Å². The van der Waals surface area contributed by atoms with Gasteiger partial charge in [-0.15, -0.1) is 9.42 Å². The molecule has 1 fully saturated rings. The fraction of sp³-hybridized carbons (Fsp3) is 0.875. The van der Waals surface area contributed by atoms with Crippen molar-refractivity contribution >= 4 is 14.2 Å². The summed E-state index contributed by atoms with van der Waals surface area (Å²) in [7, 11) is -2.53. The second-order valence-electron chi connectivity index (χ2n) is 3.22. The van der Waals surface area contributed by atoms with Gasteiger partial charge in [-0.05, 0) is 12.8 Å². The zero-order valence-electron chi connectivity index (χ0n) is 7.85. The Hall–Kier alpha value is -0.510. The molecule has 0 radical (unpaired) electrons. The Balaban J connectivity index is 1.92. The topological polar surface area (TPSA) is 72.8 Å². The predicted molar refractivity (Wildman–Crippen MR) is 48.7 cm³/mol. The van der Waals surface area contributed by atoms with Crippen LogP contribution in [0.2, 0.25) is 0 Å². The van der Waals surface area contributed by atoms with Gasteiger partial charge in [-0.3, -0.25) is 4.79 Å². The lowest BCUT2D eigenvalue weighted by Gasteiger charge is -2.22. The van der Waals surface area contributed by atoms with Crippen LogP contribution in [0.15, 0.2) is 0 Å². The highest BCUT2D eigenvalue weighted by atomic mass is 31.1. The van der Waals surface area contributed by atoms with E-state index in [1.807, 2.05) is 0 Å². The second-order valence-corrected chi connectivity index (χ2v) is 3.95. The van der Waals surface area contributed by atoms with E-state index in [4.69, 9.17) is 9.63 Å². The van der Waals surface area contributed by atoms with Crippen LogP contribution in [0.5, 0.6) is 0 Å². The molecule has 1 aliphatic carbocycles. The van der Waals surface area contributed by atoms with Gasteiger partial charge in [-0.25, -0.2) is 0 Å². The number of hydrogen-bond donors (Lipinski definition) is 1. The number of esters is 1. The molecule has 5 nitrogen and oxygen atoms in total. The highest BCUT2D eigenvalue weighted by Crippen LogP contribution is 2.27. The van der Waals surface area contributed by atoms with Gasteiger partial charge in [0.1, 0.15) is 6.61 Å². The lowest BCUT2D eigenvalue weighted by Crippen LogP contribution is -2.24. The Morgan fingerprint density at radius 2 is 2.14 bits per heavy atom. The third kappa shape index (κ3) is 4.13. The summed E-state index contributed by atoms with van der Waals surface area (Å²) in [6, 6.07) is 0. The van der Waals surface area contributed by atoms with E-state index >= 15 is 0 Å². The van der Waals surface area contributed by atoms with Crippen molar-refractivity contribution < 1.29 is 23.5 Å². The van der Waals surface area contributed by atoms with E-state index in [0.717, 1.165) is 19.3 Å². The SMILES string of the molecule is O=C(OCCCO[P+](=O)O)C1CCC1. The second kappa shape index (κ2) is 6.06. The molecule has 0 heterocycles. The van der Waals surface area contributed by atoms with E-state index in [1.54, 1.807) is 0 Å². The van der Waals surface area contributed by atoms with Crippen molar-refractivity contribution in [1.82, 2.24) is 0 Å². The Labute approximate surface area is 83.3 Å². The van der Waals surface area contributed by atoms with Crippen LogP contribution >= 0.6 is 8.25 Å². The molecule has 6 heteroatoms. The van der Waals surface area contributed by atoms with E-state index in [0.29, 0.717) is 6.42 Å². The van der Waals surface area contributed by atoms with Crippen LogP contribution in [0.4, 0.5) is 0 Å². The molecule has 0 bridgehead atoms. The Morgan fingerprint density at radius 3 is 2.64 bits per heavy atom. The van der Waals surface area contributed by atoms with Gasteiger partial charge in [0, 0.05) is 11.0 Å². The first kappa shape index (κ1) is 11.6. The predicted octanol–water partition coefficient (Wildman–Crippen LogP) is 1.39. The van der Waals surface area contributed by atoms with Crippen molar-refractivity contribution in [2.75, 3.05) is 13.2 Å². The van der Waals surface area contributed by atoms with Crippen LogP contribution in [0, 0.1) is 5.92 Å². The average molecular weight is 221 g/mol. The van der Waals surface area contributed by atoms with Gasteiger partial charge >= 0.3 is 14.2 Å². The van der Waals surface area contributed by atoms with Crippen molar-refractivity contribution in [1.29, 1.82) is 0 Å². The van der Waals surface area contributed by atoms with Crippen LogP contribution < -0.4 is 0 Å². The minimum Gasteiger partial charge on any atom is -0.465 e. The van der Waals surface area contributed by atoms with Gasteiger partial charge in [0.25, 0.3) is 0 Å². The molecule has 0 aromatic rings. The lowest BCUT2D eigenvalue weighted by molar-refractivity contribution is -0.151. The van der Waals surface area contributed by atoms with E-state index in [9.17, 15) is 9.36 Å². The number of carbonyl (C=O) groups is 1. The summed E-state index contributed by atoms with van der Waals surface area (Å²) in [6.07, 6.45) is 3.42. The van der Waals surface area contributed by atoms with E-state index in [1.165, 1.54) is 0 Å². The fourth-order valence-corrected chi connectivity index (χ4v) is 1.42. The molecule has 1 saturated carbocycles. The van der Waals surface area contributed by atoms with Crippen molar-refractivity contribution in [3.8, 4) is 0 Å². The highest BCUT2D eigenvalue weighted by Gasteiger charge is 2.26. The smallest absolute Gasteiger partial charge is 0.465 e. The van der Waals surface area contributed by atoms with Crippen LogP contribution in [0.25, 0.3) is 0 Å². The molecule has 0 aromatic carbocycles. The standard InChI is InChI=1S/C8H13O5P/c9-8(7-3-1-4-7)12-5-2-6-13-14(10)11/h7H,1-6H2/p+1. The van der Waals surface area contributed by atoms with Gasteiger partial charge in [-0.2, -0.15) is 0 Å². The first-order chi connectivity index (χ1) is 6.70. The average Bonchev–Trinajstić information content (AvgIpc) is 1.99. The van der Waals surface area contributed by atoms with Crippen molar-refractivity contribution in [3.63, 3.8) is 0 Å². The molecular weight excluding hydrogens is 207 g/mol. The number of ether oxygens (including phenoxy) is 1. The fourth-order valence-electron chi connectivity index (χ4n) is 1.14. The largest absolute Gasteiger partial charge is 0.694 e. The molecule has 1 atom stereocenters. The van der Waals surface area contributed by atoms with E-state index in [2.05, 4.69) is 4.52 Å². The van der Waals surface area contributed by atoms with Crippen molar-refractivity contribution in [2.24, 2.45) is 5.92 Å². The van der Waals surface area contributed by atoms with Crippen molar-refractivity contribution in [2.45, 2.75) is 25.7 Å². The minimum atomic E-state index is -2.53. The molecule has 0 aliphatic heterocycles. The lowest BCUT2D eigenvalue weighted by atomic mass is 9.86. The van der Waals surface area contributed by atoms with Crippen LogP contribution in [0.1, 0.15) is 25.7 Å². The maximum Gasteiger partial charge on any atom is 0.694 e. The maximum atomic E-state index is 11.2. The van der Waals surface area contributed by atoms with Gasteiger partial charge < -0.3 is 4.74 Å². The third-order valence-electron chi connectivity index (χ3n) is 2.17. The molecule has 0 amide bonds. The molecular formula is C8H14O5P+. The van der Waals surface area contributed by atoms with Gasteiger partial charge in [0.2, 0.25) is 0 Å². The zero-order chi connectivity index (χ0) is 10.4. The summed E-state index contributed by atoms with van der Waals surface area (Å²) in [4.78, 5) is 19.4. The van der Waals surface area contributed by atoms with Gasteiger partial charge in [-0.1, -0.05) is 6.42 Å². The molecule has 1 unspecified atom stereocenters. The monoisotopic (exact) mass is 221 g/mol. The molecule has 1 N–H and O–H groups in total. The zero-order valence-corrected chi connectivity index (χ0v) is 8.74. The summed E-state index contributed by atoms with van der Waals surface area (Å²) in [5, 5.41) is 0. The minimum absolute atomic E-state index is 0.0883. The molecule has 1 rings (SSSR count). The van der Waals surface area contributed by atoms with Crippen molar-refractivity contribution in [3.05, 3.63) is 0 Å². The molecule has 0 spiro atoms. The summed E-state index contributed by atoms with van der Waals surface area (Å²) < 4.78 is 19.4. The summed E-state index contributed by atoms with van der Waals surface area (Å²) >= 11 is 0. The summed E-state index contributed by atoms with van der Waals surface area (Å²) in [5.41, 5.74) is 0. The molecule has 14 heavy (non-hydrogen) atoms. The molecule has 80 valence electrons. The summed E-state index contributed by atoms with van der Waals surface area (Å²) in [6.45, 7) is 0.405. The van der Waals surface area contributed by atoms with Crippen LogP contribution in [0.3, 0.4) is 0 Å². The number of rotatable bonds is 6. The molecule has 0 saturated heterocycles. The molecule has 1 aliphatic rings. The Kier molecular flexibility index (Phi) is 5.01. The highest BCUT2D eigenvalue weighted by molar-refractivity contribution is 7.32. The van der Waals surface area contributed by atoms with Gasteiger partial charge in [0.05, 0.1) is 12.5 Å². The quantitative estimate of drug-likeness (QED) is 0.416. The Morgan fingerprint density at radius 1 is 1.43 bits per heavy atom. The first-order valence-corrected chi connectivity index (χ1v) is 5.79. The number of hydrogen-bond acceptors (Lipinski definition) is 4. The Bertz CT molecular complexity index is 214.